The molecule has 4 heterocycles. The van der Waals surface area contributed by atoms with Crippen molar-refractivity contribution >= 4 is 80.1 Å². The van der Waals surface area contributed by atoms with Gasteiger partial charge in [-0.05, 0) is 107 Å². The number of carbonyl (C=O) groups excluding carboxylic acids is 2. The third-order valence-corrected chi connectivity index (χ3v) is 14.9. The first-order valence-electron chi connectivity index (χ1n) is 25.6. The van der Waals surface area contributed by atoms with Crippen LogP contribution in [-0.2, 0) is 4.74 Å². The molecule has 22 heteroatoms. The molecule has 4 aromatic carbocycles. The number of halogens is 4. The van der Waals surface area contributed by atoms with Crippen molar-refractivity contribution in [1.29, 1.82) is 0 Å². The van der Waals surface area contributed by atoms with Crippen molar-refractivity contribution in [3.63, 3.8) is 0 Å². The number of urea groups is 2. The molecular weight excluding hydrogens is 1020 g/mol. The van der Waals surface area contributed by atoms with Crippen LogP contribution >= 0.6 is 23.2 Å². The van der Waals surface area contributed by atoms with E-state index in [4.69, 9.17) is 46.9 Å². The van der Waals surface area contributed by atoms with Crippen LogP contribution in [0.25, 0.3) is 21.8 Å². The molecule has 4 aliphatic rings. The Morgan fingerprint density at radius 1 is 0.632 bits per heavy atom. The molecule has 2 aliphatic carbocycles. The number of anilines is 4. The summed E-state index contributed by atoms with van der Waals surface area (Å²) >= 11 is 11.9. The lowest BCUT2D eigenvalue weighted by Crippen LogP contribution is -2.53. The molecule has 10 rings (SSSR count). The second kappa shape index (κ2) is 24.9. The second-order valence-corrected chi connectivity index (χ2v) is 20.2. The first-order valence-corrected chi connectivity index (χ1v) is 26.3. The monoisotopic (exact) mass is 1090 g/mol. The molecule has 2 saturated carbocycles. The molecule has 0 spiro atoms. The third kappa shape index (κ3) is 13.3. The number of fused-ring (bicyclic) bond motifs is 2. The highest BCUT2D eigenvalue weighted by atomic mass is 35.5. The van der Waals surface area contributed by atoms with E-state index in [1.54, 1.807) is 31.3 Å². The Morgan fingerprint density at radius 3 is 1.59 bits per heavy atom. The summed E-state index contributed by atoms with van der Waals surface area (Å²) in [6.45, 7) is 5.79. The van der Waals surface area contributed by atoms with Gasteiger partial charge < -0.3 is 59.2 Å². The maximum absolute atomic E-state index is 13.6. The maximum Gasteiger partial charge on any atom is 0.320 e. The highest BCUT2D eigenvalue weighted by molar-refractivity contribution is 6.31. The predicted molar refractivity (Wildman–Crippen MR) is 288 cm³/mol. The molecule has 76 heavy (non-hydrogen) atoms. The molecule has 6 aromatic rings. The van der Waals surface area contributed by atoms with Crippen LogP contribution in [-0.4, -0.2) is 157 Å². The number of carbonyl (C=O) groups is 2. The summed E-state index contributed by atoms with van der Waals surface area (Å²) in [5, 5.41) is 11.0. The van der Waals surface area contributed by atoms with Gasteiger partial charge in [0.1, 0.15) is 35.9 Å². The Balaban J connectivity index is 0.000000186. The quantitative estimate of drug-likeness (QED) is 0.105. The number of rotatable bonds is 12. The molecule has 0 unspecified atom stereocenters. The molecule has 3 N–H and O–H groups in total. The van der Waals surface area contributed by atoms with Gasteiger partial charge in [0.25, 0.3) is 0 Å². The Bertz CT molecular complexity index is 2990. The summed E-state index contributed by atoms with van der Waals surface area (Å²) in [5.41, 5.74) is 2.55. The van der Waals surface area contributed by atoms with Crippen LogP contribution in [0.1, 0.15) is 51.4 Å². The summed E-state index contributed by atoms with van der Waals surface area (Å²) in [4.78, 5) is 51.0. The van der Waals surface area contributed by atoms with E-state index in [1.807, 2.05) is 41.1 Å². The third-order valence-electron chi connectivity index (χ3n) is 14.4. The minimum atomic E-state index is -0.490. The summed E-state index contributed by atoms with van der Waals surface area (Å²) < 4.78 is 56.5. The number of methoxy groups -OCH3 is 2. The maximum atomic E-state index is 13.6. The van der Waals surface area contributed by atoms with Crippen LogP contribution in [0.15, 0.2) is 73.3 Å². The lowest BCUT2D eigenvalue weighted by Gasteiger charge is -2.39. The SMILES string of the molecule is COc1cc2ncnc(Nc3ccc(F)c(Cl)c3)c2cc1OC1CCC(N(C)C(=O)N2CCN(C)CC2)CC1.COc1cc2ncnc(Nc3ccc(F)c(Cl)c3)c2cc1OC1CCC(NC(=O)N2CCOCC2)CC1. The number of nitrogens with zero attached hydrogens (tertiary/aromatic N) is 8. The molecule has 4 amide bonds. The van der Waals surface area contributed by atoms with Crippen molar-refractivity contribution in [2.75, 3.05) is 91.4 Å². The van der Waals surface area contributed by atoms with Crippen LogP contribution in [0.4, 0.5) is 41.4 Å². The molecule has 18 nitrogen and oxygen atoms in total. The van der Waals surface area contributed by atoms with Gasteiger partial charge in [-0.3, -0.25) is 0 Å². The molecule has 4 fully saturated rings. The van der Waals surface area contributed by atoms with E-state index < -0.39 is 11.6 Å². The normalized spacial score (nSPS) is 20.0. The van der Waals surface area contributed by atoms with Crippen molar-refractivity contribution in [1.82, 2.24) is 44.9 Å². The smallest absolute Gasteiger partial charge is 0.320 e. The number of amides is 4. The van der Waals surface area contributed by atoms with E-state index in [1.165, 1.54) is 36.9 Å². The number of likely N-dealkylation sites (N-methyl/N-ethyl adjacent to an activating group) is 1. The fourth-order valence-electron chi connectivity index (χ4n) is 9.90. The van der Waals surface area contributed by atoms with Crippen LogP contribution in [0.5, 0.6) is 23.0 Å². The molecule has 0 radical (unpaired) electrons. The van der Waals surface area contributed by atoms with Gasteiger partial charge >= 0.3 is 12.1 Å². The number of benzene rings is 4. The van der Waals surface area contributed by atoms with E-state index in [-0.39, 0.29) is 46.4 Å². The summed E-state index contributed by atoms with van der Waals surface area (Å²) in [6.07, 6.45) is 9.56. The number of hydrogen-bond acceptors (Lipinski definition) is 14. The fourth-order valence-corrected chi connectivity index (χ4v) is 10.3. The van der Waals surface area contributed by atoms with Gasteiger partial charge in [0, 0.05) is 92.7 Å². The summed E-state index contributed by atoms with van der Waals surface area (Å²) in [6, 6.07) is 16.6. The Labute approximate surface area is 450 Å². The Morgan fingerprint density at radius 2 is 1.12 bits per heavy atom. The number of aromatic nitrogens is 4. The molecule has 0 bridgehead atoms. The zero-order valence-corrected chi connectivity index (χ0v) is 44.5. The molecule has 2 aliphatic heterocycles. The van der Waals surface area contributed by atoms with Gasteiger partial charge in [0.05, 0.1) is 60.7 Å². The van der Waals surface area contributed by atoms with Crippen LogP contribution in [0.2, 0.25) is 10.0 Å². The van der Waals surface area contributed by atoms with Crippen molar-refractivity contribution in [3.8, 4) is 23.0 Å². The molecular formula is C54H63Cl2F2N11O7. The highest BCUT2D eigenvalue weighted by Gasteiger charge is 2.32. The average molecular weight is 1090 g/mol. The second-order valence-electron chi connectivity index (χ2n) is 19.4. The number of nitrogens with one attached hydrogen (secondary N) is 3. The zero-order chi connectivity index (χ0) is 53.3. The minimum absolute atomic E-state index is 0.00307. The average Bonchev–Trinajstić information content (AvgIpc) is 3.44. The van der Waals surface area contributed by atoms with E-state index in [0.29, 0.717) is 83.3 Å². The fraction of sp³-hybridized carbons (Fsp3) is 0.444. The number of hydrogen-bond donors (Lipinski definition) is 3. The highest BCUT2D eigenvalue weighted by Crippen LogP contribution is 2.39. The van der Waals surface area contributed by atoms with E-state index in [2.05, 4.69) is 47.8 Å². The topological polar surface area (TPSA) is 181 Å². The van der Waals surface area contributed by atoms with Gasteiger partial charge in [0.2, 0.25) is 0 Å². The van der Waals surface area contributed by atoms with E-state index >= 15 is 0 Å². The minimum Gasteiger partial charge on any atom is -0.493 e. The standard InChI is InChI=1S/C28H34ClFN6O3.C26H29ClFN5O4/c1-34-10-12-36(13-11-34)28(37)35(2)19-5-7-20(8-6-19)39-26-15-21-24(16-25(26)38-3)31-17-32-27(21)33-18-4-9-23(30)22(29)14-18;1-35-23-14-22-19(25(30-15-29-22)31-17-4-7-21(28)20(27)12-17)13-24(23)37-18-5-2-16(3-6-18)32-26(34)33-8-10-36-11-9-33/h4,9,14-17,19-20H,5-8,10-13H2,1-3H3,(H,31,32,33);4,7,12-16,18H,2-3,5-6,8-11H2,1H3,(H,32,34)(H,29,30,31). The largest absolute Gasteiger partial charge is 0.493 e. The van der Waals surface area contributed by atoms with Crippen molar-refractivity contribution < 1.29 is 42.1 Å². The Hall–Kier alpha value is -6.74. The lowest BCUT2D eigenvalue weighted by molar-refractivity contribution is 0.0514. The van der Waals surface area contributed by atoms with Gasteiger partial charge in [-0.25, -0.2) is 38.3 Å². The number of morpholine rings is 1. The van der Waals surface area contributed by atoms with Gasteiger partial charge in [-0.1, -0.05) is 23.2 Å². The zero-order valence-electron chi connectivity index (χ0n) is 43.0. The first kappa shape index (κ1) is 54.1. The van der Waals surface area contributed by atoms with E-state index in [9.17, 15) is 18.4 Å². The number of piperazine rings is 1. The van der Waals surface area contributed by atoms with Crippen LogP contribution in [0, 0.1) is 11.6 Å². The first-order chi connectivity index (χ1) is 36.8. The predicted octanol–water partition coefficient (Wildman–Crippen LogP) is 10.1. The molecule has 0 atom stereocenters. The molecule has 2 aromatic heterocycles. The van der Waals surface area contributed by atoms with Crippen molar-refractivity contribution in [2.24, 2.45) is 0 Å². The van der Waals surface area contributed by atoms with Crippen LogP contribution < -0.4 is 34.9 Å². The van der Waals surface area contributed by atoms with E-state index in [0.717, 1.165) is 88.3 Å². The van der Waals surface area contributed by atoms with Crippen LogP contribution in [0.3, 0.4) is 0 Å². The van der Waals surface area contributed by atoms with Crippen molar-refractivity contribution in [2.45, 2.75) is 75.7 Å². The Kier molecular flexibility index (Phi) is 17.7. The molecule has 404 valence electrons. The summed E-state index contributed by atoms with van der Waals surface area (Å²) in [5.74, 6) is 2.45. The molecule has 2 saturated heterocycles. The van der Waals surface area contributed by atoms with Gasteiger partial charge in [-0.2, -0.15) is 0 Å². The van der Waals surface area contributed by atoms with Gasteiger partial charge in [0.15, 0.2) is 23.0 Å². The lowest BCUT2D eigenvalue weighted by atomic mass is 9.92. The van der Waals surface area contributed by atoms with Gasteiger partial charge in [-0.15, -0.1) is 0 Å². The number of ether oxygens (including phenoxy) is 5. The van der Waals surface area contributed by atoms with Crippen molar-refractivity contribution in [3.05, 3.63) is 95.0 Å². The summed E-state index contributed by atoms with van der Waals surface area (Å²) in [7, 11) is 7.20.